The average molecular weight is 420 g/mol. The highest BCUT2D eigenvalue weighted by Crippen LogP contribution is 2.36. The lowest BCUT2D eigenvalue weighted by atomic mass is 9.89. The van der Waals surface area contributed by atoms with Crippen molar-refractivity contribution in [2.75, 3.05) is 20.1 Å². The minimum Gasteiger partial charge on any atom is -0.356 e. The van der Waals surface area contributed by atoms with Crippen LogP contribution in [0.5, 0.6) is 0 Å². The first-order valence-corrected chi connectivity index (χ1v) is 7.98. The molecule has 1 fully saturated rings. The van der Waals surface area contributed by atoms with Gasteiger partial charge in [-0.15, -0.1) is 34.2 Å². The van der Waals surface area contributed by atoms with Crippen molar-refractivity contribution in [1.29, 1.82) is 0 Å². The Kier molecular flexibility index (Phi) is 8.13. The zero-order valence-corrected chi connectivity index (χ0v) is 16.3. The smallest absolute Gasteiger partial charge is 0.191 e. The highest BCUT2D eigenvalue weighted by Gasteiger charge is 2.28. The van der Waals surface area contributed by atoms with Gasteiger partial charge in [-0.25, -0.2) is 0 Å². The van der Waals surface area contributed by atoms with Crippen molar-refractivity contribution < 1.29 is 0 Å². The zero-order valence-electron chi connectivity index (χ0n) is 13.9. The van der Waals surface area contributed by atoms with Gasteiger partial charge in [-0.05, 0) is 18.3 Å². The standard InChI is InChI=1S/C15H28N6.HI/c1-4-13-20-19-12-21(13)10-9-17-14(16-3)18-11-15(2)7-5-6-8-15;/h12H,4-11H2,1-3H3,(H2,16,17,18);1H. The van der Waals surface area contributed by atoms with Crippen molar-refractivity contribution >= 4 is 29.9 Å². The van der Waals surface area contributed by atoms with Crippen molar-refractivity contribution in [3.8, 4) is 0 Å². The summed E-state index contributed by atoms with van der Waals surface area (Å²) in [6.07, 6.45) is 8.05. The molecule has 0 aliphatic heterocycles. The number of nitrogens with one attached hydrogen (secondary N) is 2. The molecule has 1 heterocycles. The molecule has 0 radical (unpaired) electrons. The SMILES string of the molecule is CCc1nncn1CCNC(=NC)NCC1(C)CCCC1.I. The Morgan fingerprint density at radius 2 is 2.09 bits per heavy atom. The van der Waals surface area contributed by atoms with E-state index in [0.717, 1.165) is 37.8 Å². The first-order chi connectivity index (χ1) is 10.2. The third kappa shape index (κ3) is 5.40. The van der Waals surface area contributed by atoms with Crippen LogP contribution in [-0.2, 0) is 13.0 Å². The summed E-state index contributed by atoms with van der Waals surface area (Å²) in [7, 11) is 1.82. The molecule has 0 atom stereocenters. The maximum Gasteiger partial charge on any atom is 0.191 e. The fourth-order valence-electron chi connectivity index (χ4n) is 2.96. The summed E-state index contributed by atoms with van der Waals surface area (Å²) in [6, 6.07) is 0. The van der Waals surface area contributed by atoms with Gasteiger partial charge in [0, 0.05) is 33.1 Å². The monoisotopic (exact) mass is 420 g/mol. The van der Waals surface area contributed by atoms with Crippen molar-refractivity contribution in [3.63, 3.8) is 0 Å². The molecule has 0 bridgehead atoms. The molecule has 0 unspecified atom stereocenters. The molecule has 1 aliphatic rings. The lowest BCUT2D eigenvalue weighted by Gasteiger charge is -2.25. The Labute approximate surface area is 150 Å². The van der Waals surface area contributed by atoms with Crippen molar-refractivity contribution in [3.05, 3.63) is 12.2 Å². The Bertz CT molecular complexity index is 464. The molecule has 0 aromatic carbocycles. The zero-order chi connectivity index (χ0) is 15.1. The maximum atomic E-state index is 4.30. The van der Waals surface area contributed by atoms with E-state index in [9.17, 15) is 0 Å². The summed E-state index contributed by atoms with van der Waals surface area (Å²) >= 11 is 0. The molecule has 0 amide bonds. The predicted molar refractivity (Wildman–Crippen MR) is 101 cm³/mol. The summed E-state index contributed by atoms with van der Waals surface area (Å²) in [4.78, 5) is 4.30. The summed E-state index contributed by atoms with van der Waals surface area (Å²) in [6.45, 7) is 7.14. The molecule has 7 heteroatoms. The molecule has 6 nitrogen and oxygen atoms in total. The summed E-state index contributed by atoms with van der Waals surface area (Å²) in [5, 5.41) is 14.9. The van der Waals surface area contributed by atoms with Crippen molar-refractivity contribution in [1.82, 2.24) is 25.4 Å². The van der Waals surface area contributed by atoms with Gasteiger partial charge in [-0.1, -0.05) is 26.7 Å². The van der Waals surface area contributed by atoms with E-state index in [-0.39, 0.29) is 24.0 Å². The highest BCUT2D eigenvalue weighted by atomic mass is 127. The third-order valence-electron chi connectivity index (χ3n) is 4.37. The topological polar surface area (TPSA) is 67.1 Å². The third-order valence-corrected chi connectivity index (χ3v) is 4.37. The van der Waals surface area contributed by atoms with Gasteiger partial charge < -0.3 is 15.2 Å². The predicted octanol–water partition coefficient (Wildman–Crippen LogP) is 2.20. The van der Waals surface area contributed by atoms with E-state index in [1.807, 2.05) is 7.05 Å². The number of aliphatic imine (C=N–C) groups is 1. The molecule has 1 aromatic heterocycles. The van der Waals surface area contributed by atoms with Gasteiger partial charge in [0.05, 0.1) is 0 Å². The van der Waals surface area contributed by atoms with Gasteiger partial charge >= 0.3 is 0 Å². The number of aryl methyl sites for hydroxylation is 1. The first-order valence-electron chi connectivity index (χ1n) is 7.98. The second-order valence-electron chi connectivity index (χ2n) is 6.16. The molecule has 22 heavy (non-hydrogen) atoms. The van der Waals surface area contributed by atoms with Crippen LogP contribution in [0.15, 0.2) is 11.3 Å². The molecule has 1 aromatic rings. The summed E-state index contributed by atoms with van der Waals surface area (Å²) in [5.74, 6) is 1.91. The van der Waals surface area contributed by atoms with E-state index in [4.69, 9.17) is 0 Å². The normalized spacial score (nSPS) is 17.1. The number of halogens is 1. The summed E-state index contributed by atoms with van der Waals surface area (Å²) in [5.41, 5.74) is 0.432. The van der Waals surface area contributed by atoms with Crippen LogP contribution in [0.1, 0.15) is 45.4 Å². The van der Waals surface area contributed by atoms with E-state index in [1.54, 1.807) is 6.33 Å². The van der Waals surface area contributed by atoms with Crippen LogP contribution in [0.25, 0.3) is 0 Å². The Morgan fingerprint density at radius 1 is 1.36 bits per heavy atom. The molecule has 1 aliphatic carbocycles. The number of aromatic nitrogens is 3. The van der Waals surface area contributed by atoms with Crippen LogP contribution in [0.2, 0.25) is 0 Å². The van der Waals surface area contributed by atoms with Gasteiger partial charge in [0.1, 0.15) is 12.2 Å². The maximum absolute atomic E-state index is 4.30. The Balaban J connectivity index is 0.00000242. The average Bonchev–Trinajstić information content (AvgIpc) is 3.11. The molecule has 2 N–H and O–H groups in total. The van der Waals surface area contributed by atoms with Crippen molar-refractivity contribution in [2.45, 2.75) is 52.5 Å². The first kappa shape index (κ1) is 19.2. The van der Waals surface area contributed by atoms with Gasteiger partial charge in [-0.3, -0.25) is 4.99 Å². The lowest BCUT2D eigenvalue weighted by Crippen LogP contribution is -2.43. The van der Waals surface area contributed by atoms with Crippen LogP contribution in [0.4, 0.5) is 0 Å². The quantitative estimate of drug-likeness (QED) is 0.421. The van der Waals surface area contributed by atoms with Gasteiger partial charge in [0.15, 0.2) is 5.96 Å². The minimum atomic E-state index is 0. The molecule has 126 valence electrons. The van der Waals surface area contributed by atoms with Crippen LogP contribution in [0.3, 0.4) is 0 Å². The van der Waals surface area contributed by atoms with Gasteiger partial charge in [0.25, 0.3) is 0 Å². The molecule has 1 saturated carbocycles. The Hall–Kier alpha value is -0.860. The second kappa shape index (κ2) is 9.32. The number of hydrogen-bond donors (Lipinski definition) is 2. The van der Waals surface area contributed by atoms with E-state index in [1.165, 1.54) is 25.7 Å². The largest absolute Gasteiger partial charge is 0.356 e. The minimum absolute atomic E-state index is 0. The van der Waals surface area contributed by atoms with E-state index in [2.05, 4.69) is 44.2 Å². The number of rotatable bonds is 6. The number of nitrogens with zero attached hydrogens (tertiary/aromatic N) is 4. The van der Waals surface area contributed by atoms with Crippen molar-refractivity contribution in [2.24, 2.45) is 10.4 Å². The summed E-state index contributed by atoms with van der Waals surface area (Å²) < 4.78 is 2.08. The van der Waals surface area contributed by atoms with E-state index < -0.39 is 0 Å². The fraction of sp³-hybridized carbons (Fsp3) is 0.800. The number of guanidine groups is 1. The van der Waals surface area contributed by atoms with Gasteiger partial charge in [-0.2, -0.15) is 0 Å². The lowest BCUT2D eigenvalue weighted by molar-refractivity contribution is 0.334. The molecular formula is C15H29IN6. The van der Waals surface area contributed by atoms with Crippen LogP contribution in [-0.4, -0.2) is 40.9 Å². The van der Waals surface area contributed by atoms with Crippen LogP contribution < -0.4 is 10.6 Å². The molecule has 2 rings (SSSR count). The van der Waals surface area contributed by atoms with Crippen LogP contribution >= 0.6 is 24.0 Å². The number of hydrogen-bond acceptors (Lipinski definition) is 3. The highest BCUT2D eigenvalue weighted by molar-refractivity contribution is 14.0. The van der Waals surface area contributed by atoms with Gasteiger partial charge in [0.2, 0.25) is 0 Å². The van der Waals surface area contributed by atoms with Crippen LogP contribution in [0, 0.1) is 5.41 Å². The molecule has 0 saturated heterocycles. The van der Waals surface area contributed by atoms with E-state index >= 15 is 0 Å². The van der Waals surface area contributed by atoms with E-state index in [0.29, 0.717) is 5.41 Å². The fourth-order valence-corrected chi connectivity index (χ4v) is 2.96. The molecular weight excluding hydrogens is 391 g/mol. The second-order valence-corrected chi connectivity index (χ2v) is 6.16. The molecule has 0 spiro atoms. The Morgan fingerprint density at radius 3 is 2.73 bits per heavy atom.